The topological polar surface area (TPSA) is 69.0 Å². The Balaban J connectivity index is 2.92. The number of aromatic nitrogens is 1. The molecule has 0 spiro atoms. The second-order valence-corrected chi connectivity index (χ2v) is 4.12. The van der Waals surface area contributed by atoms with E-state index in [2.05, 4.69) is 10.3 Å². The zero-order valence-electron chi connectivity index (χ0n) is 11.7. The number of halogens is 3. The molecule has 0 atom stereocenters. The van der Waals surface area contributed by atoms with Crippen molar-refractivity contribution in [1.82, 2.24) is 9.88 Å². The molecule has 0 radical (unpaired) electrons. The maximum absolute atomic E-state index is 12.6. The Kier molecular flexibility index (Phi) is 5.52. The van der Waals surface area contributed by atoms with Crippen LogP contribution in [0.15, 0.2) is 12.1 Å². The van der Waals surface area contributed by atoms with Crippen molar-refractivity contribution in [2.24, 2.45) is 0 Å². The van der Waals surface area contributed by atoms with Crippen molar-refractivity contribution >= 4 is 11.7 Å². The number of hydrogen-bond donors (Lipinski definition) is 1. The number of alkyl halides is 3. The van der Waals surface area contributed by atoms with Gasteiger partial charge in [-0.2, -0.15) is 18.4 Å². The Hall–Kier alpha value is -2.30. The summed E-state index contributed by atoms with van der Waals surface area (Å²) in [5.41, 5.74) is -1.16. The highest BCUT2D eigenvalue weighted by molar-refractivity contribution is 5.81. The Morgan fingerprint density at radius 1 is 1.38 bits per heavy atom. The molecule has 0 fully saturated rings. The standard InChI is InChI=1S/C13H15F3N4O/c1-3-20(4-2)11(21)8-18-12-9(7-17)5-6-10(19-12)13(14,15)16/h5-6H,3-4,8H2,1-2H3,(H,18,19). The number of rotatable bonds is 5. The van der Waals surface area contributed by atoms with E-state index in [1.807, 2.05) is 0 Å². The van der Waals surface area contributed by atoms with E-state index >= 15 is 0 Å². The fourth-order valence-electron chi connectivity index (χ4n) is 1.69. The van der Waals surface area contributed by atoms with E-state index in [9.17, 15) is 18.0 Å². The molecule has 1 rings (SSSR count). The molecule has 1 heterocycles. The fraction of sp³-hybridized carbons (Fsp3) is 0.462. The van der Waals surface area contributed by atoms with Crippen molar-refractivity contribution in [1.29, 1.82) is 5.26 Å². The SMILES string of the molecule is CCN(CC)C(=O)CNc1nc(C(F)(F)F)ccc1C#N. The van der Waals surface area contributed by atoms with Crippen molar-refractivity contribution in [3.05, 3.63) is 23.4 Å². The summed E-state index contributed by atoms with van der Waals surface area (Å²) in [6.45, 7) is 4.37. The highest BCUT2D eigenvalue weighted by Crippen LogP contribution is 2.29. The maximum Gasteiger partial charge on any atom is 0.433 e. The van der Waals surface area contributed by atoms with E-state index in [0.717, 1.165) is 12.1 Å². The van der Waals surface area contributed by atoms with E-state index in [4.69, 9.17) is 5.26 Å². The van der Waals surface area contributed by atoms with Gasteiger partial charge < -0.3 is 10.2 Å². The molecule has 21 heavy (non-hydrogen) atoms. The van der Waals surface area contributed by atoms with Crippen LogP contribution in [0.3, 0.4) is 0 Å². The summed E-state index contributed by atoms with van der Waals surface area (Å²) in [6.07, 6.45) is -4.60. The summed E-state index contributed by atoms with van der Waals surface area (Å²) in [7, 11) is 0. The smallest absolute Gasteiger partial charge is 0.360 e. The van der Waals surface area contributed by atoms with E-state index in [0.29, 0.717) is 13.1 Å². The Morgan fingerprint density at radius 2 is 2.00 bits per heavy atom. The number of nitriles is 1. The summed E-state index contributed by atoms with van der Waals surface area (Å²) in [6, 6.07) is 3.50. The van der Waals surface area contributed by atoms with Gasteiger partial charge >= 0.3 is 6.18 Å². The first-order valence-corrected chi connectivity index (χ1v) is 6.33. The van der Waals surface area contributed by atoms with Crippen LogP contribution in [0.2, 0.25) is 0 Å². The van der Waals surface area contributed by atoms with Gasteiger partial charge in [0.05, 0.1) is 12.1 Å². The average Bonchev–Trinajstić information content (AvgIpc) is 2.45. The van der Waals surface area contributed by atoms with Crippen LogP contribution in [-0.4, -0.2) is 35.4 Å². The first-order valence-electron chi connectivity index (χ1n) is 6.33. The number of pyridine rings is 1. The lowest BCUT2D eigenvalue weighted by molar-refractivity contribution is -0.141. The molecular formula is C13H15F3N4O. The molecule has 1 amide bonds. The molecule has 0 aliphatic rings. The molecule has 0 aliphatic carbocycles. The van der Waals surface area contributed by atoms with Crippen molar-refractivity contribution < 1.29 is 18.0 Å². The zero-order chi connectivity index (χ0) is 16.0. The number of anilines is 1. The van der Waals surface area contributed by atoms with Crippen LogP contribution in [0.25, 0.3) is 0 Å². The molecule has 0 aliphatic heterocycles. The monoisotopic (exact) mass is 300 g/mol. The second-order valence-electron chi connectivity index (χ2n) is 4.12. The van der Waals surface area contributed by atoms with Gasteiger partial charge in [0.25, 0.3) is 0 Å². The summed E-state index contributed by atoms with van der Waals surface area (Å²) in [5, 5.41) is 11.4. The van der Waals surface area contributed by atoms with Crippen LogP contribution < -0.4 is 5.32 Å². The van der Waals surface area contributed by atoms with Gasteiger partial charge in [-0.25, -0.2) is 4.98 Å². The Morgan fingerprint density at radius 3 is 2.48 bits per heavy atom. The normalized spacial score (nSPS) is 10.9. The number of carbonyl (C=O) groups excluding carboxylic acids is 1. The summed E-state index contributed by atoms with van der Waals surface area (Å²) in [4.78, 5) is 16.7. The van der Waals surface area contributed by atoms with Crippen molar-refractivity contribution in [3.8, 4) is 6.07 Å². The fourth-order valence-corrected chi connectivity index (χ4v) is 1.69. The van der Waals surface area contributed by atoms with Crippen molar-refractivity contribution in [3.63, 3.8) is 0 Å². The molecule has 114 valence electrons. The zero-order valence-corrected chi connectivity index (χ0v) is 11.7. The molecule has 0 unspecified atom stereocenters. The molecule has 0 saturated heterocycles. The van der Waals surface area contributed by atoms with Crippen LogP contribution in [0.5, 0.6) is 0 Å². The van der Waals surface area contributed by atoms with E-state index in [-0.39, 0.29) is 23.8 Å². The Bertz CT molecular complexity index is 547. The van der Waals surface area contributed by atoms with Crippen molar-refractivity contribution in [2.75, 3.05) is 25.0 Å². The lowest BCUT2D eigenvalue weighted by Crippen LogP contribution is -2.35. The summed E-state index contributed by atoms with van der Waals surface area (Å²) >= 11 is 0. The molecule has 5 nitrogen and oxygen atoms in total. The van der Waals surface area contributed by atoms with Gasteiger partial charge in [-0.3, -0.25) is 4.79 Å². The second kappa shape index (κ2) is 6.92. The van der Waals surface area contributed by atoms with Crippen LogP contribution in [0, 0.1) is 11.3 Å². The quantitative estimate of drug-likeness (QED) is 0.905. The molecule has 0 bridgehead atoms. The van der Waals surface area contributed by atoms with Crippen LogP contribution in [-0.2, 0) is 11.0 Å². The van der Waals surface area contributed by atoms with Crippen LogP contribution in [0.1, 0.15) is 25.1 Å². The third-order valence-electron chi connectivity index (χ3n) is 2.83. The molecule has 1 aromatic rings. The summed E-state index contributed by atoms with van der Waals surface area (Å²) < 4.78 is 37.8. The van der Waals surface area contributed by atoms with E-state index in [1.54, 1.807) is 19.9 Å². The lowest BCUT2D eigenvalue weighted by atomic mass is 10.2. The molecule has 8 heteroatoms. The van der Waals surface area contributed by atoms with Crippen molar-refractivity contribution in [2.45, 2.75) is 20.0 Å². The first-order chi connectivity index (χ1) is 9.83. The minimum Gasteiger partial charge on any atom is -0.360 e. The largest absolute Gasteiger partial charge is 0.433 e. The molecule has 0 aromatic carbocycles. The minimum absolute atomic E-state index is 0.0460. The van der Waals surface area contributed by atoms with Gasteiger partial charge in [0.1, 0.15) is 17.6 Å². The highest BCUT2D eigenvalue weighted by atomic mass is 19.4. The molecular weight excluding hydrogens is 285 g/mol. The maximum atomic E-state index is 12.6. The number of nitrogens with one attached hydrogen (secondary N) is 1. The predicted octanol–water partition coefficient (Wildman–Crippen LogP) is 2.25. The number of likely N-dealkylation sites (N-methyl/N-ethyl adjacent to an activating group) is 1. The number of hydrogen-bond acceptors (Lipinski definition) is 4. The van der Waals surface area contributed by atoms with Gasteiger partial charge in [-0.1, -0.05) is 0 Å². The molecule has 1 aromatic heterocycles. The number of amides is 1. The lowest BCUT2D eigenvalue weighted by Gasteiger charge is -2.19. The number of carbonyl (C=O) groups is 1. The van der Waals surface area contributed by atoms with E-state index in [1.165, 1.54) is 4.90 Å². The van der Waals surface area contributed by atoms with Crippen LogP contribution in [0.4, 0.5) is 19.0 Å². The van der Waals surface area contributed by atoms with Crippen LogP contribution >= 0.6 is 0 Å². The minimum atomic E-state index is -4.60. The Labute approximate surface area is 120 Å². The van der Waals surface area contributed by atoms with Gasteiger partial charge in [0, 0.05) is 13.1 Å². The highest BCUT2D eigenvalue weighted by Gasteiger charge is 2.33. The average molecular weight is 300 g/mol. The third kappa shape index (κ3) is 4.34. The summed E-state index contributed by atoms with van der Waals surface area (Å²) in [5.74, 6) is -0.518. The van der Waals surface area contributed by atoms with Gasteiger partial charge in [-0.05, 0) is 26.0 Å². The predicted molar refractivity (Wildman–Crippen MR) is 70.4 cm³/mol. The van der Waals surface area contributed by atoms with E-state index < -0.39 is 11.9 Å². The molecule has 0 saturated carbocycles. The van der Waals surface area contributed by atoms with Gasteiger partial charge in [-0.15, -0.1) is 0 Å². The van der Waals surface area contributed by atoms with Gasteiger partial charge in [0.15, 0.2) is 0 Å². The third-order valence-corrected chi connectivity index (χ3v) is 2.83. The molecule has 1 N–H and O–H groups in total. The van der Waals surface area contributed by atoms with Gasteiger partial charge in [0.2, 0.25) is 5.91 Å². The number of nitrogens with zero attached hydrogens (tertiary/aromatic N) is 3. The first kappa shape index (κ1) is 16.8.